The summed E-state index contributed by atoms with van der Waals surface area (Å²) in [6.07, 6.45) is 2.00. The molecule has 0 amide bonds. The number of carbonyl (C=O) groups is 1. The van der Waals surface area contributed by atoms with Gasteiger partial charge in [0.15, 0.2) is 5.78 Å². The second kappa shape index (κ2) is 6.14. The normalized spacial score (nSPS) is 10.8. The molecule has 2 N–H and O–H groups in total. The molecule has 1 aromatic heterocycles. The second-order valence-electron chi connectivity index (χ2n) is 4.60. The minimum absolute atomic E-state index is 0.0172. The minimum atomic E-state index is -1.000. The summed E-state index contributed by atoms with van der Waals surface area (Å²) in [6.45, 7) is 1.44. The van der Waals surface area contributed by atoms with E-state index in [0.717, 1.165) is 36.4 Å². The van der Waals surface area contributed by atoms with Gasteiger partial charge in [0.05, 0.1) is 4.92 Å². The van der Waals surface area contributed by atoms with Crippen molar-refractivity contribution in [2.45, 2.75) is 6.92 Å². The van der Waals surface area contributed by atoms with E-state index in [-0.39, 0.29) is 22.8 Å². The first-order chi connectivity index (χ1) is 10.8. The molecule has 0 aliphatic heterocycles. The van der Waals surface area contributed by atoms with Gasteiger partial charge in [-0.25, -0.2) is 4.79 Å². The van der Waals surface area contributed by atoms with Gasteiger partial charge in [0.1, 0.15) is 22.8 Å². The van der Waals surface area contributed by atoms with Gasteiger partial charge < -0.3 is 14.6 Å². The van der Waals surface area contributed by atoms with Crippen molar-refractivity contribution in [3.63, 3.8) is 0 Å². The van der Waals surface area contributed by atoms with E-state index < -0.39 is 27.6 Å². The number of phenolic OH excluding ortho intramolecular Hbond substituents is 1. The number of non-ortho nitro benzene ring substituents is 1. The highest BCUT2D eigenvalue weighted by Gasteiger charge is 2.16. The number of carbonyl (C=O) groups excluding carboxylic acids is 1. The summed E-state index contributed by atoms with van der Waals surface area (Å²) in [5.41, 5.74) is -1.81. The van der Waals surface area contributed by atoms with Gasteiger partial charge in [-0.1, -0.05) is 0 Å². The highest BCUT2D eigenvalue weighted by atomic mass is 16.6. The first kappa shape index (κ1) is 16.0. The number of phenols is 1. The molecule has 8 nitrogen and oxygen atoms in total. The maximum atomic E-state index is 12.0. The maximum Gasteiger partial charge on any atom is 0.351 e. The number of ketones is 1. The molecule has 0 atom stereocenters. The number of rotatable bonds is 4. The van der Waals surface area contributed by atoms with Crippen molar-refractivity contribution in [1.82, 2.24) is 0 Å². The maximum absolute atomic E-state index is 12.0. The van der Waals surface area contributed by atoms with E-state index in [9.17, 15) is 29.9 Å². The Balaban J connectivity index is 2.38. The molecule has 0 unspecified atom stereocenters. The SMILES string of the molecule is Cc1cc(O)c(C(=O)/C=C/c2cc([N+](=O)[O-])ccc2O)c(=O)o1. The van der Waals surface area contributed by atoms with Gasteiger partial charge in [-0.05, 0) is 25.1 Å². The van der Waals surface area contributed by atoms with Crippen LogP contribution in [0, 0.1) is 17.0 Å². The molecule has 0 aliphatic rings. The Kier molecular flexibility index (Phi) is 4.26. The lowest BCUT2D eigenvalue weighted by atomic mass is 10.1. The zero-order valence-corrected chi connectivity index (χ0v) is 11.8. The summed E-state index contributed by atoms with van der Waals surface area (Å²) in [7, 11) is 0. The van der Waals surface area contributed by atoms with Crippen LogP contribution in [-0.4, -0.2) is 20.9 Å². The summed E-state index contributed by atoms with van der Waals surface area (Å²) in [5.74, 6) is -1.53. The van der Waals surface area contributed by atoms with Gasteiger partial charge >= 0.3 is 5.63 Å². The topological polar surface area (TPSA) is 131 Å². The van der Waals surface area contributed by atoms with Crippen molar-refractivity contribution in [3.8, 4) is 11.5 Å². The molecular weight excluding hydrogens is 306 g/mol. The van der Waals surface area contributed by atoms with Crippen LogP contribution in [0.3, 0.4) is 0 Å². The van der Waals surface area contributed by atoms with Gasteiger partial charge in [0.25, 0.3) is 5.69 Å². The number of allylic oxidation sites excluding steroid dienone is 1. The van der Waals surface area contributed by atoms with E-state index in [2.05, 4.69) is 0 Å². The molecule has 0 spiro atoms. The lowest BCUT2D eigenvalue weighted by Gasteiger charge is -2.01. The van der Waals surface area contributed by atoms with Crippen molar-refractivity contribution < 1.29 is 24.3 Å². The quantitative estimate of drug-likeness (QED) is 0.382. The fraction of sp³-hybridized carbons (Fsp3) is 0.0667. The lowest BCUT2D eigenvalue weighted by molar-refractivity contribution is -0.384. The summed E-state index contributed by atoms with van der Waals surface area (Å²) < 4.78 is 4.73. The van der Waals surface area contributed by atoms with Crippen LogP contribution in [0.5, 0.6) is 11.5 Å². The predicted molar refractivity (Wildman–Crippen MR) is 79.5 cm³/mol. The summed E-state index contributed by atoms with van der Waals surface area (Å²) in [5, 5.41) is 30.0. The molecule has 118 valence electrons. The van der Waals surface area contributed by atoms with Crippen LogP contribution < -0.4 is 5.63 Å². The molecule has 1 heterocycles. The molecule has 0 saturated carbocycles. The van der Waals surface area contributed by atoms with Crippen LogP contribution in [0.1, 0.15) is 21.7 Å². The fourth-order valence-corrected chi connectivity index (χ4v) is 1.86. The number of aromatic hydroxyl groups is 2. The van der Waals surface area contributed by atoms with Crippen molar-refractivity contribution in [2.75, 3.05) is 0 Å². The van der Waals surface area contributed by atoms with Crippen molar-refractivity contribution >= 4 is 17.5 Å². The molecule has 2 aromatic rings. The van der Waals surface area contributed by atoms with Crippen LogP contribution in [0.25, 0.3) is 6.08 Å². The molecule has 0 fully saturated rings. The van der Waals surface area contributed by atoms with E-state index in [1.165, 1.54) is 6.92 Å². The van der Waals surface area contributed by atoms with Gasteiger partial charge in [-0.15, -0.1) is 0 Å². The molecule has 0 aliphatic carbocycles. The summed E-state index contributed by atoms with van der Waals surface area (Å²) in [6, 6.07) is 4.40. The molecule has 8 heteroatoms. The third-order valence-electron chi connectivity index (χ3n) is 2.94. The highest BCUT2D eigenvalue weighted by molar-refractivity contribution is 6.08. The average Bonchev–Trinajstić information content (AvgIpc) is 2.45. The van der Waals surface area contributed by atoms with E-state index in [0.29, 0.717) is 0 Å². The van der Waals surface area contributed by atoms with Crippen LogP contribution >= 0.6 is 0 Å². The Bertz CT molecular complexity index is 880. The summed E-state index contributed by atoms with van der Waals surface area (Å²) in [4.78, 5) is 33.6. The largest absolute Gasteiger partial charge is 0.507 e. The number of nitro benzene ring substituents is 1. The Hall–Kier alpha value is -3.42. The zero-order chi connectivity index (χ0) is 17.1. The van der Waals surface area contributed by atoms with E-state index in [4.69, 9.17) is 4.42 Å². The first-order valence-electron chi connectivity index (χ1n) is 6.33. The molecule has 2 rings (SSSR count). The monoisotopic (exact) mass is 317 g/mol. The average molecular weight is 317 g/mol. The number of hydrogen-bond acceptors (Lipinski definition) is 7. The molecule has 23 heavy (non-hydrogen) atoms. The standard InChI is InChI=1S/C15H11NO7/c1-8-6-13(19)14(15(20)23-8)12(18)4-2-9-7-10(16(21)22)3-5-11(9)17/h2-7,17,19H,1H3/b4-2+. The van der Waals surface area contributed by atoms with Crippen molar-refractivity contribution in [1.29, 1.82) is 0 Å². The Morgan fingerprint density at radius 3 is 2.57 bits per heavy atom. The lowest BCUT2D eigenvalue weighted by Crippen LogP contribution is -2.12. The van der Waals surface area contributed by atoms with Gasteiger partial charge in [-0.2, -0.15) is 0 Å². The van der Waals surface area contributed by atoms with Gasteiger partial charge in [0.2, 0.25) is 0 Å². The Labute approximate surface area is 129 Å². The van der Waals surface area contributed by atoms with Gasteiger partial charge in [-0.3, -0.25) is 14.9 Å². The minimum Gasteiger partial charge on any atom is -0.507 e. The van der Waals surface area contributed by atoms with E-state index in [1.54, 1.807) is 0 Å². The second-order valence-corrected chi connectivity index (χ2v) is 4.60. The first-order valence-corrected chi connectivity index (χ1v) is 6.33. The number of hydrogen-bond donors (Lipinski definition) is 2. The number of nitrogens with zero attached hydrogens (tertiary/aromatic N) is 1. The number of nitro groups is 1. The highest BCUT2D eigenvalue weighted by Crippen LogP contribution is 2.24. The fourth-order valence-electron chi connectivity index (χ4n) is 1.86. The van der Waals surface area contributed by atoms with E-state index in [1.807, 2.05) is 0 Å². The number of benzene rings is 1. The van der Waals surface area contributed by atoms with Crippen LogP contribution in [0.15, 0.2) is 39.6 Å². The molecule has 0 saturated heterocycles. The van der Waals surface area contributed by atoms with Crippen LogP contribution in [-0.2, 0) is 0 Å². The zero-order valence-electron chi connectivity index (χ0n) is 11.8. The predicted octanol–water partition coefficient (Wildman–Crippen LogP) is 2.16. The molecule has 0 radical (unpaired) electrons. The molecule has 1 aromatic carbocycles. The third-order valence-corrected chi connectivity index (χ3v) is 2.94. The third kappa shape index (κ3) is 3.43. The smallest absolute Gasteiger partial charge is 0.351 e. The Morgan fingerprint density at radius 1 is 1.26 bits per heavy atom. The van der Waals surface area contributed by atoms with Gasteiger partial charge in [0, 0.05) is 23.8 Å². The van der Waals surface area contributed by atoms with Crippen LogP contribution in [0.2, 0.25) is 0 Å². The number of aryl methyl sites for hydroxylation is 1. The molecular formula is C15H11NO7. The Morgan fingerprint density at radius 2 is 1.96 bits per heavy atom. The van der Waals surface area contributed by atoms with Crippen LogP contribution in [0.4, 0.5) is 5.69 Å². The molecule has 0 bridgehead atoms. The summed E-state index contributed by atoms with van der Waals surface area (Å²) >= 11 is 0. The van der Waals surface area contributed by atoms with E-state index >= 15 is 0 Å². The van der Waals surface area contributed by atoms with Crippen molar-refractivity contribution in [2.24, 2.45) is 0 Å². The van der Waals surface area contributed by atoms with Crippen molar-refractivity contribution in [3.05, 3.63) is 67.8 Å².